The van der Waals surface area contributed by atoms with Crippen molar-refractivity contribution in [1.82, 2.24) is 4.98 Å². The summed E-state index contributed by atoms with van der Waals surface area (Å²) in [5.74, 6) is -0.776. The van der Waals surface area contributed by atoms with Crippen LogP contribution < -0.4 is 4.90 Å². The fourth-order valence-corrected chi connectivity index (χ4v) is 2.91. The van der Waals surface area contributed by atoms with Gasteiger partial charge in [-0.2, -0.15) is 5.26 Å². The van der Waals surface area contributed by atoms with Crippen molar-refractivity contribution >= 4 is 11.7 Å². The number of nitriles is 1. The van der Waals surface area contributed by atoms with Crippen LogP contribution in [0, 0.1) is 11.3 Å². The van der Waals surface area contributed by atoms with E-state index < -0.39 is 11.5 Å². The first-order valence-corrected chi connectivity index (χ1v) is 6.51. The van der Waals surface area contributed by atoms with Crippen LogP contribution >= 0.6 is 0 Å². The van der Waals surface area contributed by atoms with E-state index in [1.165, 1.54) is 0 Å². The molecule has 0 spiro atoms. The van der Waals surface area contributed by atoms with Gasteiger partial charge in [-0.1, -0.05) is 13.3 Å². The van der Waals surface area contributed by atoms with E-state index >= 15 is 0 Å². The van der Waals surface area contributed by atoms with Crippen LogP contribution in [0.5, 0.6) is 0 Å². The first kappa shape index (κ1) is 13.3. The molecule has 100 valence electrons. The van der Waals surface area contributed by atoms with Crippen molar-refractivity contribution in [3.05, 3.63) is 24.0 Å². The average molecular weight is 259 g/mol. The first-order valence-electron chi connectivity index (χ1n) is 6.51. The molecule has 1 aromatic heterocycles. The van der Waals surface area contributed by atoms with E-state index in [1.54, 1.807) is 18.3 Å². The summed E-state index contributed by atoms with van der Waals surface area (Å²) >= 11 is 0. The summed E-state index contributed by atoms with van der Waals surface area (Å²) in [4.78, 5) is 17.6. The minimum absolute atomic E-state index is 0.320. The molecule has 1 aliphatic rings. The molecule has 1 saturated heterocycles. The van der Waals surface area contributed by atoms with Gasteiger partial charge in [0, 0.05) is 18.4 Å². The molecular formula is C14H17N3O2. The summed E-state index contributed by atoms with van der Waals surface area (Å²) in [5.41, 5.74) is 0.267. The normalized spacial score (nSPS) is 22.2. The molecule has 0 radical (unpaired) electrons. The lowest BCUT2D eigenvalue weighted by Gasteiger charge is -2.36. The van der Waals surface area contributed by atoms with Crippen molar-refractivity contribution < 1.29 is 9.90 Å². The van der Waals surface area contributed by atoms with E-state index in [1.807, 2.05) is 17.9 Å². The second-order valence-corrected chi connectivity index (χ2v) is 4.85. The van der Waals surface area contributed by atoms with Gasteiger partial charge in [0.1, 0.15) is 17.3 Å². The number of pyridine rings is 1. The molecule has 1 fully saturated rings. The lowest BCUT2D eigenvalue weighted by atomic mass is 9.90. The molecule has 0 aromatic carbocycles. The minimum atomic E-state index is -0.831. The maximum absolute atomic E-state index is 11.7. The van der Waals surface area contributed by atoms with Crippen LogP contribution in [-0.2, 0) is 4.79 Å². The highest BCUT2D eigenvalue weighted by Crippen LogP contribution is 2.37. The van der Waals surface area contributed by atoms with Crippen LogP contribution in [0.2, 0.25) is 0 Å². The Labute approximate surface area is 112 Å². The third-order valence-electron chi connectivity index (χ3n) is 3.72. The predicted octanol–water partition coefficient (Wildman–Crippen LogP) is 2.18. The smallest absolute Gasteiger partial charge is 0.329 e. The quantitative estimate of drug-likeness (QED) is 0.896. The van der Waals surface area contributed by atoms with E-state index in [-0.39, 0.29) is 0 Å². The van der Waals surface area contributed by atoms with Crippen LogP contribution in [-0.4, -0.2) is 28.1 Å². The number of nitrogens with zero attached hydrogens (tertiary/aromatic N) is 3. The summed E-state index contributed by atoms with van der Waals surface area (Å²) in [5, 5.41) is 18.5. The van der Waals surface area contributed by atoms with E-state index in [9.17, 15) is 9.90 Å². The zero-order chi connectivity index (χ0) is 13.9. The SMILES string of the molecule is CCCC1(C(=O)O)CCCN1c1ccnc(C#N)c1. The van der Waals surface area contributed by atoms with Gasteiger partial charge in [0.2, 0.25) is 0 Å². The Hall–Kier alpha value is -2.09. The van der Waals surface area contributed by atoms with E-state index in [2.05, 4.69) is 4.98 Å². The fourth-order valence-electron chi connectivity index (χ4n) is 2.91. The predicted molar refractivity (Wildman–Crippen MR) is 70.8 cm³/mol. The standard InChI is InChI=1S/C14H17N3O2/c1-2-5-14(13(18)19)6-3-8-17(14)12-4-7-16-11(9-12)10-15/h4,7,9H,2-3,5-6,8H2,1H3,(H,18,19). The average Bonchev–Trinajstić information content (AvgIpc) is 2.84. The molecule has 5 heteroatoms. The Morgan fingerprint density at radius 1 is 1.68 bits per heavy atom. The molecule has 1 N–H and O–H groups in total. The van der Waals surface area contributed by atoms with E-state index in [0.717, 1.165) is 18.5 Å². The number of hydrogen-bond donors (Lipinski definition) is 1. The molecule has 0 aliphatic carbocycles. The topological polar surface area (TPSA) is 77.2 Å². The number of rotatable bonds is 4. The van der Waals surface area contributed by atoms with Gasteiger partial charge in [-0.3, -0.25) is 0 Å². The van der Waals surface area contributed by atoms with Gasteiger partial charge in [-0.05, 0) is 31.4 Å². The van der Waals surface area contributed by atoms with Gasteiger partial charge >= 0.3 is 5.97 Å². The Kier molecular flexibility index (Phi) is 3.70. The summed E-state index contributed by atoms with van der Waals surface area (Å²) in [6, 6.07) is 5.44. The lowest BCUT2D eigenvalue weighted by Crippen LogP contribution is -2.50. The second-order valence-electron chi connectivity index (χ2n) is 4.85. The molecule has 0 bridgehead atoms. The summed E-state index contributed by atoms with van der Waals surface area (Å²) in [7, 11) is 0. The molecule has 0 amide bonds. The molecule has 5 nitrogen and oxygen atoms in total. The Morgan fingerprint density at radius 3 is 3.11 bits per heavy atom. The Morgan fingerprint density at radius 2 is 2.47 bits per heavy atom. The Bertz CT molecular complexity index is 524. The van der Waals surface area contributed by atoms with Crippen LogP contribution in [0.1, 0.15) is 38.3 Å². The van der Waals surface area contributed by atoms with Gasteiger partial charge in [0.25, 0.3) is 0 Å². The Balaban J connectivity index is 2.41. The molecule has 19 heavy (non-hydrogen) atoms. The lowest BCUT2D eigenvalue weighted by molar-refractivity contribution is -0.143. The van der Waals surface area contributed by atoms with Crippen LogP contribution in [0.4, 0.5) is 5.69 Å². The second kappa shape index (κ2) is 5.27. The van der Waals surface area contributed by atoms with Crippen molar-refractivity contribution in [3.8, 4) is 6.07 Å². The van der Waals surface area contributed by atoms with Crippen molar-refractivity contribution in [2.24, 2.45) is 0 Å². The monoisotopic (exact) mass is 259 g/mol. The molecule has 2 rings (SSSR count). The fraction of sp³-hybridized carbons (Fsp3) is 0.500. The zero-order valence-corrected chi connectivity index (χ0v) is 11.0. The molecule has 1 unspecified atom stereocenters. The molecule has 1 aromatic rings. The zero-order valence-electron chi connectivity index (χ0n) is 11.0. The largest absolute Gasteiger partial charge is 0.479 e. The van der Waals surface area contributed by atoms with Crippen LogP contribution in [0.3, 0.4) is 0 Å². The first-order chi connectivity index (χ1) is 9.14. The molecule has 1 aliphatic heterocycles. The number of carboxylic acid groups (broad SMARTS) is 1. The van der Waals surface area contributed by atoms with Gasteiger partial charge < -0.3 is 10.0 Å². The number of carboxylic acids is 1. The van der Waals surface area contributed by atoms with Gasteiger partial charge in [-0.25, -0.2) is 9.78 Å². The molecule has 1 atom stereocenters. The van der Waals surface area contributed by atoms with Crippen LogP contribution in [0.25, 0.3) is 0 Å². The van der Waals surface area contributed by atoms with Gasteiger partial charge in [0.05, 0.1) is 0 Å². The molecular weight excluding hydrogens is 242 g/mol. The number of aromatic nitrogens is 1. The summed E-state index contributed by atoms with van der Waals surface area (Å²) in [6.45, 7) is 2.70. The van der Waals surface area contributed by atoms with Crippen molar-refractivity contribution in [3.63, 3.8) is 0 Å². The maximum Gasteiger partial charge on any atom is 0.329 e. The van der Waals surface area contributed by atoms with Crippen molar-refractivity contribution in [2.75, 3.05) is 11.4 Å². The molecule has 2 heterocycles. The van der Waals surface area contributed by atoms with Crippen molar-refractivity contribution in [1.29, 1.82) is 5.26 Å². The van der Waals surface area contributed by atoms with E-state index in [4.69, 9.17) is 5.26 Å². The highest BCUT2D eigenvalue weighted by Gasteiger charge is 2.47. The minimum Gasteiger partial charge on any atom is -0.479 e. The highest BCUT2D eigenvalue weighted by molar-refractivity contribution is 5.84. The van der Waals surface area contributed by atoms with E-state index in [0.29, 0.717) is 25.1 Å². The van der Waals surface area contributed by atoms with Crippen LogP contribution in [0.15, 0.2) is 18.3 Å². The summed E-state index contributed by atoms with van der Waals surface area (Å²) < 4.78 is 0. The maximum atomic E-state index is 11.7. The number of anilines is 1. The number of carbonyl (C=O) groups is 1. The molecule has 0 saturated carbocycles. The number of hydrogen-bond acceptors (Lipinski definition) is 4. The van der Waals surface area contributed by atoms with Gasteiger partial charge in [0.15, 0.2) is 0 Å². The van der Waals surface area contributed by atoms with Crippen molar-refractivity contribution in [2.45, 2.75) is 38.1 Å². The van der Waals surface area contributed by atoms with Gasteiger partial charge in [-0.15, -0.1) is 0 Å². The third-order valence-corrected chi connectivity index (χ3v) is 3.72. The third kappa shape index (κ3) is 2.26. The summed E-state index contributed by atoms with van der Waals surface area (Å²) in [6.07, 6.45) is 4.51. The highest BCUT2D eigenvalue weighted by atomic mass is 16.4. The number of aliphatic carboxylic acids is 1.